The number of rotatable bonds is 2. The number of aromatic nitrogens is 4. The SMILES string of the molecule is Cc1cccc(C)c1-n1ccnc1-c1[c-]ccc(C(F)(F)F)c1.[Ir].[c-]1cccc2c1c1nc3ccccc3n1c1ccccc21. The molecule has 1 radical (unpaired) electrons. The molecule has 3 aromatic heterocycles. The van der Waals surface area contributed by atoms with Crippen LogP contribution in [-0.2, 0) is 26.3 Å². The van der Waals surface area contributed by atoms with Crippen molar-refractivity contribution in [3.63, 3.8) is 0 Å². The first-order valence-electron chi connectivity index (χ1n) is 14.1. The summed E-state index contributed by atoms with van der Waals surface area (Å²) < 4.78 is 42.8. The third-order valence-corrected chi connectivity index (χ3v) is 7.77. The zero-order chi connectivity index (χ0) is 30.4. The number of fused-ring (bicyclic) bond motifs is 8. The summed E-state index contributed by atoms with van der Waals surface area (Å²) in [6.45, 7) is 3.92. The summed E-state index contributed by atoms with van der Waals surface area (Å²) in [7, 11) is 0. The fourth-order valence-corrected chi connectivity index (χ4v) is 5.82. The predicted molar refractivity (Wildman–Crippen MR) is 169 cm³/mol. The Morgan fingerprint density at radius 1 is 0.733 bits per heavy atom. The van der Waals surface area contributed by atoms with Crippen molar-refractivity contribution in [2.45, 2.75) is 20.0 Å². The maximum Gasteiger partial charge on any atom is 0.399 e. The van der Waals surface area contributed by atoms with Crippen LogP contribution in [0.1, 0.15) is 16.7 Å². The van der Waals surface area contributed by atoms with E-state index in [1.165, 1.54) is 22.4 Å². The molecular formula is C37H25F3IrN4-2. The van der Waals surface area contributed by atoms with E-state index in [9.17, 15) is 13.2 Å². The van der Waals surface area contributed by atoms with Gasteiger partial charge in [-0.3, -0.25) is 9.97 Å². The Balaban J connectivity index is 0.000000156. The molecule has 0 aliphatic carbocycles. The number of halogens is 3. The van der Waals surface area contributed by atoms with Crippen LogP contribution in [0.5, 0.6) is 0 Å². The van der Waals surface area contributed by atoms with Gasteiger partial charge in [0.15, 0.2) is 0 Å². The predicted octanol–water partition coefficient (Wildman–Crippen LogP) is 9.57. The van der Waals surface area contributed by atoms with Crippen LogP contribution in [0.2, 0.25) is 0 Å². The monoisotopic (exact) mass is 775 g/mol. The smallest absolute Gasteiger partial charge is 0.340 e. The van der Waals surface area contributed by atoms with Crippen molar-refractivity contribution in [3.8, 4) is 17.1 Å². The summed E-state index contributed by atoms with van der Waals surface area (Å²) in [5.41, 5.74) is 6.90. The molecule has 0 aliphatic heterocycles. The molecule has 45 heavy (non-hydrogen) atoms. The van der Waals surface area contributed by atoms with Gasteiger partial charge in [-0.15, -0.1) is 59.5 Å². The number of pyridine rings is 1. The standard InChI is InChI=1S/C19H11N2.C18H14F3N2.Ir/c1-2-9-15-13(7-1)14-8-3-5-11-17(14)21-18-12-6-4-10-16(18)20-19(15)21;1-12-5-3-6-13(2)16(12)23-10-9-22-17(23)14-7-4-8-15(11-14)18(19,20)21;/h1-8,10-12H;3-6,8-11H,1-2H3;/q2*-1;. The molecule has 0 atom stereocenters. The molecule has 0 saturated carbocycles. The van der Waals surface area contributed by atoms with Crippen LogP contribution in [0.25, 0.3) is 55.4 Å². The number of para-hydroxylation sites is 4. The average Bonchev–Trinajstić information content (AvgIpc) is 3.67. The van der Waals surface area contributed by atoms with Gasteiger partial charge in [-0.25, -0.2) is 0 Å². The Morgan fingerprint density at radius 2 is 1.44 bits per heavy atom. The van der Waals surface area contributed by atoms with Crippen molar-refractivity contribution in [1.29, 1.82) is 0 Å². The van der Waals surface area contributed by atoms with E-state index < -0.39 is 11.7 Å². The van der Waals surface area contributed by atoms with E-state index >= 15 is 0 Å². The summed E-state index contributed by atoms with van der Waals surface area (Å²) in [4.78, 5) is 9.06. The van der Waals surface area contributed by atoms with Crippen molar-refractivity contribution in [2.75, 3.05) is 0 Å². The minimum atomic E-state index is -4.39. The van der Waals surface area contributed by atoms with Crippen LogP contribution in [0.4, 0.5) is 13.2 Å². The number of imidazole rings is 2. The van der Waals surface area contributed by atoms with Gasteiger partial charge in [0.2, 0.25) is 0 Å². The van der Waals surface area contributed by atoms with E-state index in [0.717, 1.165) is 51.0 Å². The fraction of sp³-hybridized carbons (Fsp3) is 0.0811. The maximum absolute atomic E-state index is 12.9. The third-order valence-electron chi connectivity index (χ3n) is 7.77. The van der Waals surface area contributed by atoms with Gasteiger partial charge in [0.05, 0.1) is 22.5 Å². The number of alkyl halides is 3. The van der Waals surface area contributed by atoms with Crippen LogP contribution < -0.4 is 0 Å². The number of hydrogen-bond donors (Lipinski definition) is 0. The van der Waals surface area contributed by atoms with E-state index in [2.05, 4.69) is 70.0 Å². The molecule has 3 heterocycles. The van der Waals surface area contributed by atoms with Crippen molar-refractivity contribution in [1.82, 2.24) is 18.9 Å². The van der Waals surface area contributed by atoms with Gasteiger partial charge in [-0.2, -0.15) is 13.2 Å². The summed E-state index contributed by atoms with van der Waals surface area (Å²) in [5, 5.41) is 3.52. The van der Waals surface area contributed by atoms with Crippen molar-refractivity contribution in [2.24, 2.45) is 0 Å². The van der Waals surface area contributed by atoms with E-state index in [1.807, 2.05) is 50.2 Å². The normalized spacial score (nSPS) is 11.5. The maximum atomic E-state index is 12.9. The van der Waals surface area contributed by atoms with Crippen LogP contribution in [0, 0.1) is 26.0 Å². The zero-order valence-electron chi connectivity index (χ0n) is 24.2. The van der Waals surface area contributed by atoms with Crippen LogP contribution in [0.3, 0.4) is 0 Å². The van der Waals surface area contributed by atoms with Crippen molar-refractivity contribution in [3.05, 3.63) is 144 Å². The molecule has 0 aliphatic rings. The molecule has 0 N–H and O–H groups in total. The Hall–Kier alpha value is -4.78. The van der Waals surface area contributed by atoms with Crippen LogP contribution >= 0.6 is 0 Å². The van der Waals surface area contributed by atoms with Crippen LogP contribution in [0.15, 0.2) is 116 Å². The number of aryl methyl sites for hydroxylation is 2. The van der Waals surface area contributed by atoms with Gasteiger partial charge >= 0.3 is 6.18 Å². The largest absolute Gasteiger partial charge is 0.399 e. The minimum absolute atomic E-state index is 0. The second-order valence-electron chi connectivity index (χ2n) is 10.6. The van der Waals surface area contributed by atoms with Crippen molar-refractivity contribution >= 4 is 38.4 Å². The molecule has 8 rings (SSSR count). The Morgan fingerprint density at radius 3 is 2.22 bits per heavy atom. The number of benzene rings is 5. The summed E-state index contributed by atoms with van der Waals surface area (Å²) in [5.74, 6) is 0.438. The summed E-state index contributed by atoms with van der Waals surface area (Å²) in [6.07, 6.45) is -1.06. The first kappa shape index (κ1) is 30.3. The zero-order valence-corrected chi connectivity index (χ0v) is 26.6. The van der Waals surface area contributed by atoms with E-state index in [4.69, 9.17) is 4.98 Å². The second-order valence-corrected chi connectivity index (χ2v) is 10.6. The quantitative estimate of drug-likeness (QED) is 0.130. The van der Waals surface area contributed by atoms with Gasteiger partial charge in [0, 0.05) is 43.7 Å². The molecule has 0 saturated heterocycles. The molecule has 0 unspecified atom stereocenters. The molecular weight excluding hydrogens is 750 g/mol. The van der Waals surface area contributed by atoms with Gasteiger partial charge in [0.25, 0.3) is 0 Å². The molecule has 0 fully saturated rings. The van der Waals surface area contributed by atoms with E-state index in [1.54, 1.807) is 17.0 Å². The molecule has 8 aromatic rings. The first-order chi connectivity index (χ1) is 21.3. The summed E-state index contributed by atoms with van der Waals surface area (Å²) >= 11 is 0. The molecule has 0 amide bonds. The average molecular weight is 775 g/mol. The fourth-order valence-electron chi connectivity index (χ4n) is 5.82. The van der Waals surface area contributed by atoms with Gasteiger partial charge < -0.3 is 8.97 Å². The van der Waals surface area contributed by atoms with E-state index in [0.29, 0.717) is 11.4 Å². The van der Waals surface area contributed by atoms with Gasteiger partial charge in [0.1, 0.15) is 0 Å². The first-order valence-corrected chi connectivity index (χ1v) is 14.1. The molecule has 5 aromatic carbocycles. The molecule has 225 valence electrons. The third kappa shape index (κ3) is 5.41. The van der Waals surface area contributed by atoms with Crippen molar-refractivity contribution < 1.29 is 33.3 Å². The topological polar surface area (TPSA) is 35.1 Å². The van der Waals surface area contributed by atoms with Gasteiger partial charge in [-0.05, 0) is 54.1 Å². The Labute approximate surface area is 271 Å². The summed E-state index contributed by atoms with van der Waals surface area (Å²) in [6, 6.07) is 38.3. The molecule has 4 nitrogen and oxygen atoms in total. The van der Waals surface area contributed by atoms with Gasteiger partial charge in [-0.1, -0.05) is 53.9 Å². The molecule has 8 heteroatoms. The molecule has 0 spiro atoms. The van der Waals surface area contributed by atoms with E-state index in [-0.39, 0.29) is 20.1 Å². The van der Waals surface area contributed by atoms with Crippen LogP contribution in [-0.4, -0.2) is 18.9 Å². The second kappa shape index (κ2) is 12.0. The number of hydrogen-bond acceptors (Lipinski definition) is 2. The Bertz CT molecular complexity index is 2300. The minimum Gasteiger partial charge on any atom is -0.340 e. The molecule has 0 bridgehead atoms. The number of nitrogens with zero attached hydrogens (tertiary/aromatic N) is 4. The Kier molecular flexibility index (Phi) is 8.04.